The molecule has 4 rings (SSSR count). The first-order valence-corrected chi connectivity index (χ1v) is 16.2. The molecule has 25 nitrogen and oxygen atoms in total. The van der Waals surface area contributed by atoms with Crippen LogP contribution in [0.3, 0.4) is 0 Å². The Labute approximate surface area is 297 Å². The first kappa shape index (κ1) is 43.8. The molecule has 0 aromatic heterocycles. The van der Waals surface area contributed by atoms with E-state index in [9.17, 15) is 91.3 Å². The van der Waals surface area contributed by atoms with E-state index in [1.165, 1.54) is 0 Å². The van der Waals surface area contributed by atoms with E-state index in [1.54, 1.807) is 0 Å². The number of carboxylic acids is 2. The number of ether oxygens (including phenoxy) is 7. The molecule has 0 aromatic rings. The van der Waals surface area contributed by atoms with Gasteiger partial charge in [0.2, 0.25) is 0 Å². The summed E-state index contributed by atoms with van der Waals surface area (Å²) < 4.78 is 38.2. The van der Waals surface area contributed by atoms with Gasteiger partial charge in [0.1, 0.15) is 85.5 Å². The Morgan fingerprint density at radius 2 is 1.17 bits per heavy atom. The van der Waals surface area contributed by atoms with Crippen molar-refractivity contribution < 1.29 is 124 Å². The lowest BCUT2D eigenvalue weighted by Crippen LogP contribution is -2.69. The molecule has 0 aromatic carbocycles. The van der Waals surface area contributed by atoms with Crippen LogP contribution in [0.25, 0.3) is 0 Å². The monoisotopic (exact) mass is 782 g/mol. The Hall–Kier alpha value is -1.90. The highest BCUT2D eigenvalue weighted by molar-refractivity contribution is 5.76. The van der Waals surface area contributed by atoms with Gasteiger partial charge in [-0.25, -0.2) is 9.59 Å². The second kappa shape index (κ2) is 17.5. The van der Waals surface area contributed by atoms with Crippen LogP contribution < -0.4 is 0 Å². The lowest BCUT2D eigenvalue weighted by Gasteiger charge is -2.51. The molecule has 0 aliphatic carbocycles. The third-order valence-electron chi connectivity index (χ3n) is 9.42. The Balaban J connectivity index is 1.68. The van der Waals surface area contributed by atoms with Crippen molar-refractivity contribution in [3.63, 3.8) is 0 Å². The highest BCUT2D eigenvalue weighted by Gasteiger charge is 2.62. The summed E-state index contributed by atoms with van der Waals surface area (Å²) in [6.07, 6.45) is -38.7. The van der Waals surface area contributed by atoms with Crippen molar-refractivity contribution in [2.24, 2.45) is 0 Å². The summed E-state index contributed by atoms with van der Waals surface area (Å²) >= 11 is 0. The van der Waals surface area contributed by atoms with Crippen LogP contribution in [0.2, 0.25) is 0 Å². The normalized spacial score (nSPS) is 47.8. The zero-order valence-electron chi connectivity index (χ0n) is 27.5. The van der Waals surface area contributed by atoms with Crippen LogP contribution in [0, 0.1) is 0 Å². The van der Waals surface area contributed by atoms with Gasteiger partial charge in [-0.15, -0.1) is 0 Å². The summed E-state index contributed by atoms with van der Waals surface area (Å²) in [5.41, 5.74) is 0. The van der Waals surface area contributed by atoms with Crippen LogP contribution in [-0.2, 0) is 42.7 Å². The number of aliphatic hydroxyl groups excluding tert-OH is 13. The van der Waals surface area contributed by atoms with Crippen LogP contribution in [0.15, 0.2) is 0 Å². The van der Waals surface area contributed by atoms with E-state index in [-0.39, 0.29) is 0 Å². The van der Waals surface area contributed by atoms with Gasteiger partial charge >= 0.3 is 11.9 Å². The molecule has 0 amide bonds. The third-order valence-corrected chi connectivity index (χ3v) is 9.42. The number of rotatable bonds is 14. The van der Waals surface area contributed by atoms with Crippen LogP contribution in [0.5, 0.6) is 0 Å². The summed E-state index contributed by atoms with van der Waals surface area (Å²) in [5, 5.41) is 164. The molecule has 20 atom stereocenters. The summed E-state index contributed by atoms with van der Waals surface area (Å²) in [6.45, 7) is -4.28. The minimum atomic E-state index is -3.34. The maximum absolute atomic E-state index is 12.7. The van der Waals surface area contributed by atoms with Crippen LogP contribution >= 0.6 is 0 Å². The molecule has 0 radical (unpaired) electrons. The minimum absolute atomic E-state index is 0.864. The average Bonchev–Trinajstić information content (AvgIpc) is 3.12. The van der Waals surface area contributed by atoms with Crippen molar-refractivity contribution >= 4 is 11.9 Å². The van der Waals surface area contributed by atoms with Crippen molar-refractivity contribution in [2.45, 2.75) is 135 Å². The second-order valence-corrected chi connectivity index (χ2v) is 13.0. The first-order chi connectivity index (χ1) is 24.8. The quantitative estimate of drug-likeness (QED) is 0.0777. The topological polar surface area (TPSA) is 422 Å². The fraction of sp³-hybridized carbons (Fsp3) is 0.929. The molecular formula is C28H46O25. The molecule has 4 aliphatic heterocycles. The molecule has 4 fully saturated rings. The lowest BCUT2D eigenvalue weighted by atomic mass is 9.89. The molecule has 4 aliphatic rings. The van der Waals surface area contributed by atoms with Crippen molar-refractivity contribution in [1.82, 2.24) is 0 Å². The highest BCUT2D eigenvalue weighted by Crippen LogP contribution is 2.41. The molecule has 0 bridgehead atoms. The van der Waals surface area contributed by atoms with Gasteiger partial charge in [-0.3, -0.25) is 0 Å². The Bertz CT molecular complexity index is 1230. The van der Waals surface area contributed by atoms with Gasteiger partial charge in [-0.05, 0) is 0 Å². The predicted molar refractivity (Wildman–Crippen MR) is 156 cm³/mol. The molecule has 25 heteroatoms. The van der Waals surface area contributed by atoms with E-state index < -0.39 is 173 Å². The number of hydrogen-bond acceptors (Lipinski definition) is 23. The molecule has 0 saturated carbocycles. The van der Waals surface area contributed by atoms with Crippen LogP contribution in [-0.4, -0.2) is 242 Å². The maximum atomic E-state index is 12.7. The SMILES string of the molecule is O=C(O)[C@@]1(O[C@@H]2C[C@](O)(C(=O)O)O[C@H]([C@H](O)CO)[C@@H]2O[C@H]2O[C@H](CO)[C@@H](O[C@@H]3O[C@H](CO)[C@@H](O)[C@H](O)[C@H]3O)[C@H](O)[C@H]2O)C[C@@H](O)[C@@H](O)[C@@H]([C@H](O)CO)O1. The Morgan fingerprint density at radius 1 is 0.642 bits per heavy atom. The van der Waals surface area contributed by atoms with E-state index >= 15 is 0 Å². The smallest absolute Gasteiger partial charge is 0.364 e. The van der Waals surface area contributed by atoms with E-state index in [2.05, 4.69) is 0 Å². The van der Waals surface area contributed by atoms with Gasteiger partial charge < -0.3 is 115 Å². The summed E-state index contributed by atoms with van der Waals surface area (Å²) in [5.74, 6) is -10.7. The summed E-state index contributed by atoms with van der Waals surface area (Å²) in [6, 6.07) is 0. The standard InChI is InChI=1S/C28H46O25/c29-3-8(34)19-13(36)7(33)1-28(53-19,26(44)45)51-10-2-27(46,25(42)43)52-20(9(35)4-30)22(10)50-24-18(41)16(39)21(12(6-32)48-24)49-23-17(40)15(38)14(37)11(5-31)47-23/h7-24,29-41,46H,1-6H2,(H,42,43)(H,44,45)/t7-,8-,9-,10-,11-,12-,13-,14-,15+,16-,17-,18-,19-,20-,21-,22-,23+,24-,27-,28-/m1/s1. The molecular weight excluding hydrogens is 736 g/mol. The summed E-state index contributed by atoms with van der Waals surface area (Å²) in [4.78, 5) is 24.8. The van der Waals surface area contributed by atoms with Gasteiger partial charge in [0, 0.05) is 12.8 Å². The van der Waals surface area contributed by atoms with Gasteiger partial charge in [0.15, 0.2) is 12.6 Å². The zero-order chi connectivity index (χ0) is 39.7. The summed E-state index contributed by atoms with van der Waals surface area (Å²) in [7, 11) is 0. The minimum Gasteiger partial charge on any atom is -0.477 e. The van der Waals surface area contributed by atoms with Crippen molar-refractivity contribution in [1.29, 1.82) is 0 Å². The Morgan fingerprint density at radius 3 is 1.70 bits per heavy atom. The van der Waals surface area contributed by atoms with E-state index in [4.69, 9.17) is 33.2 Å². The second-order valence-electron chi connectivity index (χ2n) is 13.0. The van der Waals surface area contributed by atoms with Crippen molar-refractivity contribution in [3.05, 3.63) is 0 Å². The molecule has 0 unspecified atom stereocenters. The van der Waals surface area contributed by atoms with E-state index in [0.29, 0.717) is 0 Å². The van der Waals surface area contributed by atoms with Crippen molar-refractivity contribution in [2.75, 3.05) is 26.4 Å². The molecule has 0 spiro atoms. The largest absolute Gasteiger partial charge is 0.477 e. The van der Waals surface area contributed by atoms with E-state index in [0.717, 1.165) is 0 Å². The maximum Gasteiger partial charge on any atom is 0.364 e. The van der Waals surface area contributed by atoms with Gasteiger partial charge in [0.05, 0.1) is 38.6 Å². The first-order valence-electron chi connectivity index (χ1n) is 16.2. The number of aliphatic carboxylic acids is 2. The van der Waals surface area contributed by atoms with Crippen molar-refractivity contribution in [3.8, 4) is 0 Å². The predicted octanol–water partition coefficient (Wildman–Crippen LogP) is -10.1. The van der Waals surface area contributed by atoms with E-state index in [1.807, 2.05) is 0 Å². The molecule has 4 saturated heterocycles. The van der Waals surface area contributed by atoms with Crippen LogP contribution in [0.4, 0.5) is 0 Å². The number of carbonyl (C=O) groups is 2. The zero-order valence-corrected chi connectivity index (χ0v) is 27.5. The number of carboxylic acid groups (broad SMARTS) is 2. The highest BCUT2D eigenvalue weighted by atomic mass is 16.8. The fourth-order valence-electron chi connectivity index (χ4n) is 6.45. The van der Waals surface area contributed by atoms with Crippen LogP contribution in [0.1, 0.15) is 12.8 Å². The molecule has 4 heterocycles. The van der Waals surface area contributed by atoms with Gasteiger partial charge in [-0.2, -0.15) is 0 Å². The molecule has 53 heavy (non-hydrogen) atoms. The third kappa shape index (κ3) is 8.75. The number of hydrogen-bond donors (Lipinski definition) is 16. The fourth-order valence-corrected chi connectivity index (χ4v) is 6.45. The average molecular weight is 783 g/mol. The number of aliphatic hydroxyl groups is 14. The van der Waals surface area contributed by atoms with Gasteiger partial charge in [-0.1, -0.05) is 0 Å². The Kier molecular flexibility index (Phi) is 14.5. The molecule has 16 N–H and O–H groups in total. The van der Waals surface area contributed by atoms with Gasteiger partial charge in [0.25, 0.3) is 11.6 Å². The molecule has 308 valence electrons. The lowest BCUT2D eigenvalue weighted by molar-refractivity contribution is -0.398.